The Balaban J connectivity index is 1.40. The number of halogens is 3. The first-order valence-electron chi connectivity index (χ1n) is 14.9. The van der Waals surface area contributed by atoms with Gasteiger partial charge in [-0.3, -0.25) is 9.78 Å². The largest absolute Gasteiger partial charge is 0.489 e. The average Bonchev–Trinajstić information content (AvgIpc) is 3.03. The fourth-order valence-electron chi connectivity index (χ4n) is 5.38. The summed E-state index contributed by atoms with van der Waals surface area (Å²) in [4.78, 5) is 28.4. The molecule has 9 heteroatoms. The van der Waals surface area contributed by atoms with Crippen molar-refractivity contribution in [3.05, 3.63) is 131 Å². The van der Waals surface area contributed by atoms with Crippen LogP contribution in [-0.2, 0) is 24.0 Å². The summed E-state index contributed by atoms with van der Waals surface area (Å²) in [6.07, 6.45) is -2.24. The van der Waals surface area contributed by atoms with Crippen molar-refractivity contribution in [2.45, 2.75) is 45.5 Å². The number of para-hydroxylation sites is 1. The Morgan fingerprint density at radius 2 is 1.61 bits per heavy atom. The third-order valence-electron chi connectivity index (χ3n) is 7.57. The van der Waals surface area contributed by atoms with Crippen LogP contribution in [-0.4, -0.2) is 28.0 Å². The van der Waals surface area contributed by atoms with Gasteiger partial charge in [-0.25, -0.2) is 4.79 Å². The number of benzene rings is 4. The topological polar surface area (TPSA) is 88.5 Å². The maximum Gasteiger partial charge on any atom is 0.418 e. The van der Waals surface area contributed by atoms with Crippen LogP contribution >= 0.6 is 0 Å². The number of nitrogens with zero attached hydrogens (tertiary/aromatic N) is 1. The minimum absolute atomic E-state index is 0.101. The number of carboxylic acids is 1. The van der Waals surface area contributed by atoms with Crippen molar-refractivity contribution in [3.8, 4) is 16.9 Å². The molecular weight excluding hydrogens is 593 g/mol. The van der Waals surface area contributed by atoms with Crippen molar-refractivity contribution >= 4 is 22.8 Å². The van der Waals surface area contributed by atoms with Gasteiger partial charge in [0.1, 0.15) is 18.4 Å². The number of alkyl halides is 3. The number of fused-ring (bicyclic) bond motifs is 1. The van der Waals surface area contributed by atoms with E-state index in [1.807, 2.05) is 50.2 Å². The minimum Gasteiger partial charge on any atom is -0.489 e. The lowest BCUT2D eigenvalue weighted by Crippen LogP contribution is -2.41. The van der Waals surface area contributed by atoms with Crippen LogP contribution in [0.25, 0.3) is 22.0 Å². The number of hydrogen-bond donors (Lipinski definition) is 2. The Morgan fingerprint density at radius 1 is 0.891 bits per heavy atom. The number of carbonyl (C=O) groups is 2. The Morgan fingerprint density at radius 3 is 2.28 bits per heavy atom. The molecule has 1 aromatic heterocycles. The van der Waals surface area contributed by atoms with E-state index in [1.54, 1.807) is 48.5 Å². The Hall–Kier alpha value is -5.18. The first kappa shape index (κ1) is 32.2. The zero-order valence-corrected chi connectivity index (χ0v) is 25.3. The van der Waals surface area contributed by atoms with Crippen molar-refractivity contribution in [2.24, 2.45) is 5.92 Å². The molecule has 0 saturated heterocycles. The molecule has 4 aromatic carbocycles. The molecule has 1 atom stereocenters. The van der Waals surface area contributed by atoms with Gasteiger partial charge < -0.3 is 15.2 Å². The number of nitrogens with one attached hydrogen (secondary N) is 1. The van der Waals surface area contributed by atoms with E-state index >= 15 is 0 Å². The first-order valence-corrected chi connectivity index (χ1v) is 14.9. The molecule has 0 aliphatic rings. The van der Waals surface area contributed by atoms with E-state index in [2.05, 4.69) is 10.3 Å². The molecule has 0 radical (unpaired) electrons. The summed E-state index contributed by atoms with van der Waals surface area (Å²) in [7, 11) is 0. The van der Waals surface area contributed by atoms with Gasteiger partial charge in [0.2, 0.25) is 0 Å². The number of aliphatic carboxylic acids is 1. The summed E-state index contributed by atoms with van der Waals surface area (Å²) in [6.45, 7) is 3.95. The molecule has 0 fully saturated rings. The standard InChI is InChI=1S/C37H33F3N2O4/c1-23(2)18-32(36(44)45)42-35(43)26-16-14-25(15-17-26)22-46-29-11-6-10-27(20-29)33-28(19-24-8-4-3-5-9-24)21-41-34-30(33)12-7-13-31(34)37(38,39)40/h3-17,20-21,23,32H,18-19,22H2,1-2H3,(H,42,43)(H,44,45). The molecule has 0 aliphatic carbocycles. The molecule has 1 heterocycles. The lowest BCUT2D eigenvalue weighted by Gasteiger charge is -2.17. The zero-order valence-electron chi connectivity index (χ0n) is 25.3. The summed E-state index contributed by atoms with van der Waals surface area (Å²) >= 11 is 0. The van der Waals surface area contributed by atoms with E-state index in [4.69, 9.17) is 4.74 Å². The van der Waals surface area contributed by atoms with Gasteiger partial charge in [0, 0.05) is 17.1 Å². The highest BCUT2D eigenvalue weighted by atomic mass is 19.4. The Kier molecular flexibility index (Phi) is 9.70. The van der Waals surface area contributed by atoms with E-state index in [0.29, 0.717) is 40.7 Å². The molecule has 1 unspecified atom stereocenters. The highest BCUT2D eigenvalue weighted by Gasteiger charge is 2.33. The van der Waals surface area contributed by atoms with Gasteiger partial charge in [0.05, 0.1) is 11.1 Å². The molecule has 5 rings (SSSR count). The van der Waals surface area contributed by atoms with Crippen LogP contribution in [0.2, 0.25) is 0 Å². The van der Waals surface area contributed by atoms with E-state index in [1.165, 1.54) is 12.3 Å². The third-order valence-corrected chi connectivity index (χ3v) is 7.57. The number of hydrogen-bond acceptors (Lipinski definition) is 4. The smallest absolute Gasteiger partial charge is 0.418 e. The molecule has 6 nitrogen and oxygen atoms in total. The fraction of sp³-hybridized carbons (Fsp3) is 0.216. The number of rotatable bonds is 11. The summed E-state index contributed by atoms with van der Waals surface area (Å²) < 4.78 is 47.8. The van der Waals surface area contributed by atoms with Crippen LogP contribution in [0.5, 0.6) is 5.75 Å². The molecule has 5 aromatic rings. The number of carbonyl (C=O) groups excluding carboxylic acids is 1. The Labute approximate surface area is 264 Å². The fourth-order valence-corrected chi connectivity index (χ4v) is 5.38. The van der Waals surface area contributed by atoms with Gasteiger partial charge in [-0.1, -0.05) is 80.6 Å². The second kappa shape index (κ2) is 13.9. The SMILES string of the molecule is CC(C)CC(NC(=O)c1ccc(COc2cccc(-c3c(Cc4ccccc4)cnc4c(C(F)(F)F)cccc34)c2)cc1)C(=O)O. The van der Waals surface area contributed by atoms with E-state index < -0.39 is 29.7 Å². The van der Waals surface area contributed by atoms with E-state index in [0.717, 1.165) is 22.8 Å². The van der Waals surface area contributed by atoms with Crippen molar-refractivity contribution < 1.29 is 32.6 Å². The Bertz CT molecular complexity index is 1840. The summed E-state index contributed by atoms with van der Waals surface area (Å²) in [5.74, 6) is -0.941. The highest BCUT2D eigenvalue weighted by Crippen LogP contribution is 2.39. The number of pyridine rings is 1. The van der Waals surface area contributed by atoms with Gasteiger partial charge >= 0.3 is 12.1 Å². The third kappa shape index (κ3) is 7.72. The van der Waals surface area contributed by atoms with Gasteiger partial charge in [0.25, 0.3) is 5.91 Å². The predicted octanol–water partition coefficient (Wildman–Crippen LogP) is 8.32. The lowest BCUT2D eigenvalue weighted by molar-refractivity contribution is -0.139. The number of amides is 1. The van der Waals surface area contributed by atoms with Crippen molar-refractivity contribution in [3.63, 3.8) is 0 Å². The molecule has 46 heavy (non-hydrogen) atoms. The van der Waals surface area contributed by atoms with Crippen LogP contribution in [0.15, 0.2) is 103 Å². The van der Waals surface area contributed by atoms with Crippen molar-refractivity contribution in [2.75, 3.05) is 0 Å². The quantitative estimate of drug-likeness (QED) is 0.154. The molecule has 0 saturated carbocycles. The van der Waals surface area contributed by atoms with Crippen LogP contribution in [0.4, 0.5) is 13.2 Å². The summed E-state index contributed by atoms with van der Waals surface area (Å²) in [5, 5.41) is 12.4. The van der Waals surface area contributed by atoms with Gasteiger partial charge in [0.15, 0.2) is 0 Å². The maximum absolute atomic E-state index is 13.9. The molecule has 2 N–H and O–H groups in total. The van der Waals surface area contributed by atoms with E-state index in [-0.39, 0.29) is 18.0 Å². The molecular formula is C37H33F3N2O4. The molecule has 0 spiro atoms. The van der Waals surface area contributed by atoms with Gasteiger partial charge in [-0.05, 0) is 76.9 Å². The van der Waals surface area contributed by atoms with Crippen molar-refractivity contribution in [1.29, 1.82) is 0 Å². The second-order valence-corrected chi connectivity index (χ2v) is 11.5. The first-order chi connectivity index (χ1) is 22.0. The van der Waals surface area contributed by atoms with Crippen LogP contribution in [0.3, 0.4) is 0 Å². The van der Waals surface area contributed by atoms with Crippen LogP contribution in [0, 0.1) is 5.92 Å². The van der Waals surface area contributed by atoms with Crippen LogP contribution < -0.4 is 10.1 Å². The van der Waals surface area contributed by atoms with Gasteiger partial charge in [-0.15, -0.1) is 0 Å². The van der Waals surface area contributed by atoms with Crippen molar-refractivity contribution in [1.82, 2.24) is 10.3 Å². The normalized spacial score (nSPS) is 12.2. The minimum atomic E-state index is -4.56. The van der Waals surface area contributed by atoms with Crippen LogP contribution in [0.1, 0.15) is 52.9 Å². The summed E-state index contributed by atoms with van der Waals surface area (Å²) in [5.41, 5.74) is 3.32. The van der Waals surface area contributed by atoms with E-state index in [9.17, 15) is 27.9 Å². The second-order valence-electron chi connectivity index (χ2n) is 11.5. The predicted molar refractivity (Wildman–Crippen MR) is 171 cm³/mol. The highest BCUT2D eigenvalue weighted by molar-refractivity contribution is 5.98. The number of ether oxygens (including phenoxy) is 1. The lowest BCUT2D eigenvalue weighted by atomic mass is 9.92. The summed E-state index contributed by atoms with van der Waals surface area (Å²) in [6, 6.07) is 26.7. The molecule has 0 bridgehead atoms. The average molecular weight is 627 g/mol. The number of aromatic nitrogens is 1. The number of carboxylic acid groups (broad SMARTS) is 1. The molecule has 0 aliphatic heterocycles. The molecule has 236 valence electrons. The van der Waals surface area contributed by atoms with Gasteiger partial charge in [-0.2, -0.15) is 13.2 Å². The molecule has 1 amide bonds. The monoisotopic (exact) mass is 626 g/mol. The zero-order chi connectivity index (χ0) is 32.8. The maximum atomic E-state index is 13.9.